The molecule has 1 saturated heterocycles. The minimum absolute atomic E-state index is 0.130. The maximum absolute atomic E-state index is 14.1. The molecule has 1 fully saturated rings. The lowest BCUT2D eigenvalue weighted by Crippen LogP contribution is -2.53. The highest BCUT2D eigenvalue weighted by atomic mass is 35.5. The number of urea groups is 1. The van der Waals surface area contributed by atoms with Crippen LogP contribution in [0.2, 0.25) is 10.0 Å². The standard InChI is InChI=1S/C31H33Cl2N7O4S/c1-38(31(43)35-16-20-8-11-23(32)24(33)14-20)40-13-12-39(17-21-4-3-5-26-28(21)37-30(34)45-26)29(42)25(36-27(41)18-40)15-19-6-9-22(44-2)10-7-19/h3-11,14,25H,12-13,15-18H2,1-2H3,(H2,34,37)(H,35,43)(H,36,41)/t25-/m0/s1. The van der Waals surface area contributed by atoms with Crippen molar-refractivity contribution in [1.82, 2.24) is 30.5 Å². The summed E-state index contributed by atoms with van der Waals surface area (Å²) in [6.07, 6.45) is 0.277. The fraction of sp³-hybridized carbons (Fsp3) is 0.290. The Morgan fingerprint density at radius 3 is 2.60 bits per heavy atom. The second kappa shape index (κ2) is 14.3. The highest BCUT2D eigenvalue weighted by Crippen LogP contribution is 2.28. The molecule has 45 heavy (non-hydrogen) atoms. The summed E-state index contributed by atoms with van der Waals surface area (Å²) in [4.78, 5) is 46.8. The van der Waals surface area contributed by atoms with Crippen molar-refractivity contribution in [2.45, 2.75) is 25.6 Å². The third-order valence-corrected chi connectivity index (χ3v) is 9.11. The number of hydrazine groups is 1. The number of ether oxygens (including phenoxy) is 1. The lowest BCUT2D eigenvalue weighted by molar-refractivity contribution is -0.136. The summed E-state index contributed by atoms with van der Waals surface area (Å²) in [5.74, 6) is 0.0621. The normalized spacial score (nSPS) is 16.1. The van der Waals surface area contributed by atoms with Gasteiger partial charge in [-0.2, -0.15) is 0 Å². The number of carbonyl (C=O) groups is 3. The molecule has 2 heterocycles. The zero-order valence-electron chi connectivity index (χ0n) is 24.8. The van der Waals surface area contributed by atoms with E-state index in [4.69, 9.17) is 33.7 Å². The van der Waals surface area contributed by atoms with Crippen LogP contribution in [0, 0.1) is 0 Å². The predicted octanol–water partition coefficient (Wildman–Crippen LogP) is 4.32. The number of rotatable bonds is 8. The van der Waals surface area contributed by atoms with Gasteiger partial charge < -0.3 is 26.0 Å². The number of amides is 4. The Morgan fingerprint density at radius 1 is 1.11 bits per heavy atom. The van der Waals surface area contributed by atoms with Gasteiger partial charge in [0.2, 0.25) is 11.8 Å². The van der Waals surface area contributed by atoms with E-state index in [1.165, 1.54) is 16.3 Å². The Morgan fingerprint density at radius 2 is 1.87 bits per heavy atom. The van der Waals surface area contributed by atoms with Crippen molar-refractivity contribution < 1.29 is 19.1 Å². The first-order chi connectivity index (χ1) is 21.6. The van der Waals surface area contributed by atoms with Crippen LogP contribution >= 0.6 is 34.5 Å². The molecule has 0 radical (unpaired) electrons. The molecule has 0 saturated carbocycles. The maximum Gasteiger partial charge on any atom is 0.331 e. The topological polar surface area (TPSA) is 133 Å². The molecule has 4 N–H and O–H groups in total. The van der Waals surface area contributed by atoms with Crippen LogP contribution in [0.4, 0.5) is 9.93 Å². The van der Waals surface area contributed by atoms with Crippen molar-refractivity contribution in [3.8, 4) is 5.75 Å². The second-order valence-corrected chi connectivity index (χ2v) is 12.4. The van der Waals surface area contributed by atoms with Crippen LogP contribution in [0.15, 0.2) is 60.7 Å². The van der Waals surface area contributed by atoms with Gasteiger partial charge in [0.05, 0.1) is 33.9 Å². The number of thiazole rings is 1. The van der Waals surface area contributed by atoms with Crippen molar-refractivity contribution in [2.75, 3.05) is 39.5 Å². The SMILES string of the molecule is COc1ccc(C[C@@H]2NC(=O)CN(N(C)C(=O)NCc3ccc(Cl)c(Cl)c3)CCN(Cc3cccc4sc(N)nc34)C2=O)cc1. The number of halogens is 2. The van der Waals surface area contributed by atoms with E-state index in [1.807, 2.05) is 42.5 Å². The molecule has 236 valence electrons. The van der Waals surface area contributed by atoms with Gasteiger partial charge in [-0.1, -0.05) is 64.9 Å². The van der Waals surface area contributed by atoms with E-state index in [0.29, 0.717) is 20.9 Å². The van der Waals surface area contributed by atoms with Crippen molar-refractivity contribution in [3.05, 3.63) is 87.4 Å². The fourth-order valence-electron chi connectivity index (χ4n) is 5.09. The molecular formula is C31H33Cl2N7O4S. The molecule has 0 bridgehead atoms. The van der Waals surface area contributed by atoms with Crippen LogP contribution in [0.1, 0.15) is 16.7 Å². The lowest BCUT2D eigenvalue weighted by atomic mass is 10.0. The van der Waals surface area contributed by atoms with Crippen LogP contribution in [0.3, 0.4) is 0 Å². The molecular weight excluding hydrogens is 637 g/mol. The van der Waals surface area contributed by atoms with Gasteiger partial charge in [0.25, 0.3) is 0 Å². The summed E-state index contributed by atoms with van der Waals surface area (Å²) in [7, 11) is 3.16. The van der Waals surface area contributed by atoms with Gasteiger partial charge >= 0.3 is 6.03 Å². The van der Waals surface area contributed by atoms with Crippen LogP contribution in [-0.2, 0) is 29.1 Å². The summed E-state index contributed by atoms with van der Waals surface area (Å²) in [5, 5.41) is 9.97. The predicted molar refractivity (Wildman–Crippen MR) is 176 cm³/mol. The number of hydrogen-bond acceptors (Lipinski definition) is 8. The van der Waals surface area contributed by atoms with Gasteiger partial charge in [-0.25, -0.2) is 14.8 Å². The number of nitrogens with zero attached hydrogens (tertiary/aromatic N) is 4. The number of methoxy groups -OCH3 is 1. The molecule has 4 amide bonds. The van der Waals surface area contributed by atoms with E-state index in [0.717, 1.165) is 26.9 Å². The first-order valence-electron chi connectivity index (χ1n) is 14.2. The number of anilines is 1. The quantitative estimate of drug-likeness (QED) is 0.254. The molecule has 1 aliphatic rings. The lowest BCUT2D eigenvalue weighted by Gasteiger charge is -2.32. The molecule has 1 atom stereocenters. The molecule has 1 aliphatic heterocycles. The fourth-order valence-corrected chi connectivity index (χ4v) is 6.19. The number of benzene rings is 3. The number of carbonyl (C=O) groups excluding carboxylic acids is 3. The van der Waals surface area contributed by atoms with Crippen LogP contribution in [0.5, 0.6) is 5.75 Å². The second-order valence-electron chi connectivity index (χ2n) is 10.6. The number of aromatic nitrogens is 1. The molecule has 11 nitrogen and oxygen atoms in total. The molecule has 0 aliphatic carbocycles. The molecule has 1 aromatic heterocycles. The molecule has 0 unspecified atom stereocenters. The monoisotopic (exact) mass is 669 g/mol. The summed E-state index contributed by atoms with van der Waals surface area (Å²) in [6, 6.07) is 17.0. The van der Waals surface area contributed by atoms with Gasteiger partial charge in [-0.15, -0.1) is 0 Å². The Labute approximate surface area is 274 Å². The van der Waals surface area contributed by atoms with E-state index in [1.54, 1.807) is 42.3 Å². The first kappa shape index (κ1) is 32.3. The third kappa shape index (κ3) is 7.95. The van der Waals surface area contributed by atoms with Crippen molar-refractivity contribution in [1.29, 1.82) is 0 Å². The van der Waals surface area contributed by atoms with Crippen molar-refractivity contribution >= 4 is 67.7 Å². The Bertz CT molecular complexity index is 1700. The van der Waals surface area contributed by atoms with Crippen molar-refractivity contribution in [3.63, 3.8) is 0 Å². The zero-order chi connectivity index (χ0) is 32.1. The minimum Gasteiger partial charge on any atom is -0.497 e. The van der Waals surface area contributed by atoms with Gasteiger partial charge in [0.1, 0.15) is 11.8 Å². The Balaban J connectivity index is 1.37. The molecule has 14 heteroatoms. The van der Waals surface area contributed by atoms with Crippen molar-refractivity contribution in [2.24, 2.45) is 0 Å². The smallest absolute Gasteiger partial charge is 0.331 e. The maximum atomic E-state index is 14.1. The third-order valence-electron chi connectivity index (χ3n) is 7.52. The largest absolute Gasteiger partial charge is 0.497 e. The van der Waals surface area contributed by atoms with E-state index < -0.39 is 12.1 Å². The summed E-state index contributed by atoms with van der Waals surface area (Å²) in [5.41, 5.74) is 9.19. The highest BCUT2D eigenvalue weighted by molar-refractivity contribution is 7.22. The summed E-state index contributed by atoms with van der Waals surface area (Å²) < 4.78 is 6.18. The summed E-state index contributed by atoms with van der Waals surface area (Å²) in [6.45, 7) is 0.785. The van der Waals surface area contributed by atoms with Crippen LogP contribution < -0.4 is 21.1 Å². The zero-order valence-corrected chi connectivity index (χ0v) is 27.1. The van der Waals surface area contributed by atoms with E-state index in [-0.39, 0.29) is 51.0 Å². The van der Waals surface area contributed by atoms with E-state index in [9.17, 15) is 14.4 Å². The average molecular weight is 671 g/mol. The number of fused-ring (bicyclic) bond motifs is 1. The van der Waals surface area contributed by atoms with Gasteiger partial charge in [-0.3, -0.25) is 14.6 Å². The van der Waals surface area contributed by atoms with Gasteiger partial charge in [0.15, 0.2) is 5.13 Å². The van der Waals surface area contributed by atoms with E-state index in [2.05, 4.69) is 15.6 Å². The van der Waals surface area contributed by atoms with Crippen LogP contribution in [-0.4, -0.2) is 77.6 Å². The number of nitrogen functional groups attached to an aromatic ring is 1. The molecule has 5 rings (SSSR count). The molecule has 3 aromatic carbocycles. The Kier molecular flexibility index (Phi) is 10.3. The average Bonchev–Trinajstić information content (AvgIpc) is 3.44. The van der Waals surface area contributed by atoms with E-state index >= 15 is 0 Å². The number of hydrogen-bond donors (Lipinski definition) is 3. The van der Waals surface area contributed by atoms with Crippen LogP contribution in [0.25, 0.3) is 10.2 Å². The minimum atomic E-state index is -0.834. The molecule has 0 spiro atoms. The number of nitrogens with two attached hydrogens (primary N) is 1. The highest BCUT2D eigenvalue weighted by Gasteiger charge is 2.31. The molecule has 4 aromatic rings. The number of nitrogens with one attached hydrogen (secondary N) is 2. The van der Waals surface area contributed by atoms with Gasteiger partial charge in [-0.05, 0) is 47.0 Å². The van der Waals surface area contributed by atoms with Gasteiger partial charge in [0, 0.05) is 39.6 Å². The summed E-state index contributed by atoms with van der Waals surface area (Å²) >= 11 is 13.5. The first-order valence-corrected chi connectivity index (χ1v) is 15.7. The Hall–Kier alpha value is -4.10. The number of para-hydroxylation sites is 1.